The quantitative estimate of drug-likeness (QED) is 0.499. The Labute approximate surface area is 185 Å². The van der Waals surface area contributed by atoms with Crippen LogP contribution in [-0.4, -0.2) is 67.8 Å². The lowest BCUT2D eigenvalue weighted by atomic mass is 10.1. The van der Waals surface area contributed by atoms with Crippen LogP contribution in [0.3, 0.4) is 0 Å². The standard InChI is InChI=1S/C24H34N4O3/c1-4-25-24(26-16-20-7-5-6-8-21(20)18-29)28-13-11-27(12-14-28)17-19-9-10-22(30-2)23(15-19)31-3/h5-10,15,29H,4,11-14,16-18H2,1-3H3,(H,25,26). The first-order chi connectivity index (χ1) is 15.2. The molecular formula is C24H34N4O3. The zero-order valence-corrected chi connectivity index (χ0v) is 18.8. The minimum Gasteiger partial charge on any atom is -0.493 e. The average Bonchev–Trinajstić information content (AvgIpc) is 2.82. The van der Waals surface area contributed by atoms with Crippen LogP contribution in [0.5, 0.6) is 11.5 Å². The summed E-state index contributed by atoms with van der Waals surface area (Å²) in [6, 6.07) is 14.0. The van der Waals surface area contributed by atoms with Crippen molar-refractivity contribution in [2.24, 2.45) is 4.99 Å². The molecule has 1 saturated heterocycles. The molecule has 1 aliphatic heterocycles. The van der Waals surface area contributed by atoms with E-state index in [1.807, 2.05) is 30.3 Å². The van der Waals surface area contributed by atoms with E-state index in [0.717, 1.165) is 67.9 Å². The monoisotopic (exact) mass is 426 g/mol. The third kappa shape index (κ3) is 6.12. The van der Waals surface area contributed by atoms with Crippen LogP contribution in [0.25, 0.3) is 0 Å². The summed E-state index contributed by atoms with van der Waals surface area (Å²) in [5, 5.41) is 13.0. The zero-order valence-electron chi connectivity index (χ0n) is 18.8. The molecule has 0 bridgehead atoms. The van der Waals surface area contributed by atoms with Crippen LogP contribution < -0.4 is 14.8 Å². The van der Waals surface area contributed by atoms with Crippen molar-refractivity contribution < 1.29 is 14.6 Å². The van der Waals surface area contributed by atoms with Crippen molar-refractivity contribution in [3.8, 4) is 11.5 Å². The summed E-state index contributed by atoms with van der Waals surface area (Å²) in [5.41, 5.74) is 3.21. The number of aliphatic imine (C=N–C) groups is 1. The van der Waals surface area contributed by atoms with Crippen molar-refractivity contribution in [1.82, 2.24) is 15.1 Å². The molecule has 0 spiro atoms. The van der Waals surface area contributed by atoms with Crippen molar-refractivity contribution in [2.75, 3.05) is 46.9 Å². The largest absolute Gasteiger partial charge is 0.493 e. The highest BCUT2D eigenvalue weighted by Crippen LogP contribution is 2.28. The molecule has 0 saturated carbocycles. The number of benzene rings is 2. The maximum Gasteiger partial charge on any atom is 0.194 e. The van der Waals surface area contributed by atoms with Gasteiger partial charge in [0.15, 0.2) is 17.5 Å². The Balaban J connectivity index is 1.59. The van der Waals surface area contributed by atoms with Gasteiger partial charge < -0.3 is 24.8 Å². The van der Waals surface area contributed by atoms with E-state index in [4.69, 9.17) is 14.5 Å². The number of ether oxygens (including phenoxy) is 2. The number of guanidine groups is 1. The molecule has 0 aliphatic carbocycles. The molecule has 0 aromatic heterocycles. The molecule has 31 heavy (non-hydrogen) atoms. The second kappa shape index (κ2) is 11.6. The minimum absolute atomic E-state index is 0.0387. The van der Waals surface area contributed by atoms with E-state index in [2.05, 4.69) is 34.2 Å². The highest BCUT2D eigenvalue weighted by Gasteiger charge is 2.20. The molecule has 2 N–H and O–H groups in total. The van der Waals surface area contributed by atoms with Gasteiger partial charge in [-0.1, -0.05) is 30.3 Å². The van der Waals surface area contributed by atoms with E-state index in [-0.39, 0.29) is 6.61 Å². The van der Waals surface area contributed by atoms with Crippen molar-refractivity contribution in [1.29, 1.82) is 0 Å². The van der Waals surface area contributed by atoms with E-state index in [0.29, 0.717) is 6.54 Å². The van der Waals surface area contributed by atoms with Gasteiger partial charge in [-0.25, -0.2) is 4.99 Å². The molecule has 0 atom stereocenters. The molecule has 1 heterocycles. The summed E-state index contributed by atoms with van der Waals surface area (Å²) in [6.07, 6.45) is 0. The Kier molecular flexibility index (Phi) is 8.55. The number of aliphatic hydroxyl groups is 1. The Morgan fingerprint density at radius 3 is 2.35 bits per heavy atom. The molecule has 1 aliphatic rings. The number of aliphatic hydroxyl groups excluding tert-OH is 1. The first-order valence-electron chi connectivity index (χ1n) is 10.8. The number of methoxy groups -OCH3 is 2. The second-order valence-electron chi connectivity index (χ2n) is 7.55. The molecule has 2 aromatic carbocycles. The summed E-state index contributed by atoms with van der Waals surface area (Å²) in [7, 11) is 3.32. The highest BCUT2D eigenvalue weighted by atomic mass is 16.5. The minimum atomic E-state index is 0.0387. The number of nitrogens with zero attached hydrogens (tertiary/aromatic N) is 3. The summed E-state index contributed by atoms with van der Waals surface area (Å²) in [6.45, 7) is 8.16. The Hall–Kier alpha value is -2.77. The summed E-state index contributed by atoms with van der Waals surface area (Å²) in [5.74, 6) is 2.45. The van der Waals surface area contributed by atoms with E-state index >= 15 is 0 Å². The van der Waals surface area contributed by atoms with Crippen molar-refractivity contribution >= 4 is 5.96 Å². The lowest BCUT2D eigenvalue weighted by molar-refractivity contribution is 0.172. The van der Waals surface area contributed by atoms with Gasteiger partial charge in [0.1, 0.15) is 0 Å². The van der Waals surface area contributed by atoms with Crippen molar-refractivity contribution in [2.45, 2.75) is 26.6 Å². The van der Waals surface area contributed by atoms with Crippen molar-refractivity contribution in [3.63, 3.8) is 0 Å². The van der Waals surface area contributed by atoms with Crippen molar-refractivity contribution in [3.05, 3.63) is 59.2 Å². The van der Waals surface area contributed by atoms with Gasteiger partial charge >= 0.3 is 0 Å². The first-order valence-corrected chi connectivity index (χ1v) is 10.8. The predicted octanol–water partition coefficient (Wildman–Crippen LogP) is 2.48. The molecule has 3 rings (SSSR count). The van der Waals surface area contributed by atoms with Crippen LogP contribution >= 0.6 is 0 Å². The van der Waals surface area contributed by atoms with E-state index < -0.39 is 0 Å². The first kappa shape index (κ1) is 22.9. The SMILES string of the molecule is CCNC(=NCc1ccccc1CO)N1CCN(Cc2ccc(OC)c(OC)c2)CC1. The summed E-state index contributed by atoms with van der Waals surface area (Å²) >= 11 is 0. The van der Waals surface area contributed by atoms with Crippen LogP contribution in [0.4, 0.5) is 0 Å². The fraction of sp³-hybridized carbons (Fsp3) is 0.458. The lowest BCUT2D eigenvalue weighted by Crippen LogP contribution is -2.52. The van der Waals surface area contributed by atoms with Crippen LogP contribution in [0.15, 0.2) is 47.5 Å². The third-order valence-corrected chi connectivity index (χ3v) is 5.55. The van der Waals surface area contributed by atoms with E-state index in [1.54, 1.807) is 14.2 Å². The molecular weight excluding hydrogens is 392 g/mol. The maximum atomic E-state index is 9.55. The summed E-state index contributed by atoms with van der Waals surface area (Å²) < 4.78 is 10.8. The Bertz CT molecular complexity index is 864. The fourth-order valence-electron chi connectivity index (χ4n) is 3.81. The molecule has 0 unspecified atom stereocenters. The van der Waals surface area contributed by atoms with Gasteiger partial charge in [0, 0.05) is 39.3 Å². The van der Waals surface area contributed by atoms with Gasteiger partial charge in [0.05, 0.1) is 27.4 Å². The van der Waals surface area contributed by atoms with Gasteiger partial charge in [-0.3, -0.25) is 4.90 Å². The van der Waals surface area contributed by atoms with Crippen LogP contribution in [0, 0.1) is 0 Å². The Morgan fingerprint density at radius 1 is 1.00 bits per heavy atom. The predicted molar refractivity (Wildman–Crippen MR) is 124 cm³/mol. The third-order valence-electron chi connectivity index (χ3n) is 5.55. The van der Waals surface area contributed by atoms with Gasteiger partial charge in [-0.2, -0.15) is 0 Å². The van der Waals surface area contributed by atoms with Gasteiger partial charge in [-0.05, 0) is 35.7 Å². The second-order valence-corrected chi connectivity index (χ2v) is 7.55. The molecule has 7 nitrogen and oxygen atoms in total. The van der Waals surface area contributed by atoms with E-state index in [9.17, 15) is 5.11 Å². The maximum absolute atomic E-state index is 9.55. The zero-order chi connectivity index (χ0) is 22.1. The fourth-order valence-corrected chi connectivity index (χ4v) is 3.81. The average molecular weight is 427 g/mol. The number of hydrogen-bond acceptors (Lipinski definition) is 5. The molecule has 168 valence electrons. The normalized spacial score (nSPS) is 15.1. The number of hydrogen-bond donors (Lipinski definition) is 2. The number of piperazine rings is 1. The highest BCUT2D eigenvalue weighted by molar-refractivity contribution is 5.80. The molecule has 7 heteroatoms. The molecule has 0 radical (unpaired) electrons. The van der Waals surface area contributed by atoms with Gasteiger partial charge in [0.2, 0.25) is 0 Å². The Morgan fingerprint density at radius 2 is 1.71 bits per heavy atom. The van der Waals surface area contributed by atoms with Crippen LogP contribution in [0.1, 0.15) is 23.6 Å². The smallest absolute Gasteiger partial charge is 0.194 e. The molecule has 0 amide bonds. The molecule has 1 fully saturated rings. The number of rotatable bonds is 8. The van der Waals surface area contributed by atoms with Crippen LogP contribution in [-0.2, 0) is 19.7 Å². The van der Waals surface area contributed by atoms with Gasteiger partial charge in [0.25, 0.3) is 0 Å². The van der Waals surface area contributed by atoms with Gasteiger partial charge in [-0.15, -0.1) is 0 Å². The molecule has 2 aromatic rings. The topological polar surface area (TPSA) is 69.6 Å². The van der Waals surface area contributed by atoms with E-state index in [1.165, 1.54) is 5.56 Å². The lowest BCUT2D eigenvalue weighted by Gasteiger charge is -2.36. The van der Waals surface area contributed by atoms with Crippen LogP contribution in [0.2, 0.25) is 0 Å². The summed E-state index contributed by atoms with van der Waals surface area (Å²) in [4.78, 5) is 9.60. The number of nitrogens with one attached hydrogen (secondary N) is 1.